The van der Waals surface area contributed by atoms with Crippen molar-refractivity contribution in [3.63, 3.8) is 0 Å². The zero-order chi connectivity index (χ0) is 17.2. The van der Waals surface area contributed by atoms with Crippen molar-refractivity contribution in [3.05, 3.63) is 71.8 Å². The molecule has 0 saturated carbocycles. The summed E-state index contributed by atoms with van der Waals surface area (Å²) in [4.78, 5) is 2.23. The second kappa shape index (κ2) is 6.89. The lowest BCUT2D eigenvalue weighted by Gasteiger charge is -2.30. The molecule has 4 nitrogen and oxygen atoms in total. The van der Waals surface area contributed by atoms with Crippen molar-refractivity contribution < 1.29 is 12.6 Å². The molecule has 0 fully saturated rings. The average Bonchev–Trinajstić information content (AvgIpc) is 2.56. The minimum Gasteiger partial charge on any atom is -0.300 e. The van der Waals surface area contributed by atoms with Crippen molar-refractivity contribution in [2.24, 2.45) is 0 Å². The Bertz CT molecular complexity index is 827. The van der Waals surface area contributed by atoms with Crippen LogP contribution in [0.5, 0.6) is 0 Å². The highest BCUT2D eigenvalue weighted by Gasteiger charge is 2.28. The maximum atomic E-state index is 12.6. The molecule has 0 radical (unpaired) electrons. The minimum absolute atomic E-state index is 0.189. The summed E-state index contributed by atoms with van der Waals surface area (Å²) >= 11 is 0. The summed E-state index contributed by atoms with van der Waals surface area (Å²) in [5.74, 6) is 0. The van der Waals surface area contributed by atoms with Crippen LogP contribution in [0.25, 0.3) is 5.57 Å². The SMILES string of the molecule is Cc1ccc(S(=O)(=O)O[C@@H]2CN(C)CC=C2c2ccccc2)cc1. The van der Waals surface area contributed by atoms with Gasteiger partial charge in [-0.2, -0.15) is 8.42 Å². The lowest BCUT2D eigenvalue weighted by atomic mass is 9.97. The fraction of sp³-hybridized carbons (Fsp3) is 0.263. The van der Waals surface area contributed by atoms with Gasteiger partial charge in [0, 0.05) is 13.1 Å². The first-order valence-electron chi connectivity index (χ1n) is 7.90. The van der Waals surface area contributed by atoms with Crippen LogP contribution < -0.4 is 0 Å². The van der Waals surface area contributed by atoms with E-state index in [0.29, 0.717) is 6.54 Å². The predicted molar refractivity (Wildman–Crippen MR) is 95.2 cm³/mol. The van der Waals surface area contributed by atoms with Gasteiger partial charge in [-0.1, -0.05) is 54.1 Å². The summed E-state index contributed by atoms with van der Waals surface area (Å²) in [6, 6.07) is 16.5. The molecular weight excluding hydrogens is 322 g/mol. The maximum absolute atomic E-state index is 12.6. The third-order valence-electron chi connectivity index (χ3n) is 4.11. The van der Waals surface area contributed by atoms with Gasteiger partial charge in [-0.05, 0) is 37.2 Å². The molecular formula is C19H21NO3S. The van der Waals surface area contributed by atoms with Gasteiger partial charge in [0.15, 0.2) is 0 Å². The average molecular weight is 343 g/mol. The van der Waals surface area contributed by atoms with E-state index in [1.807, 2.05) is 55.3 Å². The summed E-state index contributed by atoms with van der Waals surface area (Å²) in [6.07, 6.45) is 1.52. The van der Waals surface area contributed by atoms with Gasteiger partial charge in [0.05, 0.1) is 4.90 Å². The molecule has 0 aliphatic carbocycles. The highest BCUT2D eigenvalue weighted by molar-refractivity contribution is 7.86. The first-order valence-corrected chi connectivity index (χ1v) is 9.30. The van der Waals surface area contributed by atoms with Gasteiger partial charge in [-0.15, -0.1) is 0 Å². The van der Waals surface area contributed by atoms with Crippen molar-refractivity contribution in [2.45, 2.75) is 17.9 Å². The second-order valence-electron chi connectivity index (χ2n) is 6.10. The molecule has 1 heterocycles. The van der Waals surface area contributed by atoms with Crippen molar-refractivity contribution in [2.75, 3.05) is 20.1 Å². The molecule has 0 aromatic heterocycles. The smallest absolute Gasteiger partial charge is 0.297 e. The highest BCUT2D eigenvalue weighted by Crippen LogP contribution is 2.27. The van der Waals surface area contributed by atoms with Gasteiger partial charge >= 0.3 is 0 Å². The highest BCUT2D eigenvalue weighted by atomic mass is 32.2. The standard InChI is InChI=1S/C19H21NO3S/c1-15-8-10-17(11-9-15)24(21,22)23-19-14-20(2)13-12-18(19)16-6-4-3-5-7-16/h3-12,19H,13-14H2,1-2H3/t19-/m1/s1. The van der Waals surface area contributed by atoms with Crippen LogP contribution in [0.2, 0.25) is 0 Å². The van der Waals surface area contributed by atoms with E-state index >= 15 is 0 Å². The Hall–Kier alpha value is -1.95. The lowest BCUT2D eigenvalue weighted by Crippen LogP contribution is -2.37. The molecule has 126 valence electrons. The van der Waals surface area contributed by atoms with E-state index < -0.39 is 16.2 Å². The second-order valence-corrected chi connectivity index (χ2v) is 7.67. The molecule has 1 atom stereocenters. The van der Waals surface area contributed by atoms with Crippen molar-refractivity contribution in [1.29, 1.82) is 0 Å². The minimum atomic E-state index is -3.81. The molecule has 0 amide bonds. The van der Waals surface area contributed by atoms with Crippen LogP contribution in [0.3, 0.4) is 0 Å². The molecule has 3 rings (SSSR count). The number of benzene rings is 2. The van der Waals surface area contributed by atoms with Gasteiger partial charge in [-0.25, -0.2) is 0 Å². The summed E-state index contributed by atoms with van der Waals surface area (Å²) in [5.41, 5.74) is 2.93. The number of nitrogens with zero attached hydrogens (tertiary/aromatic N) is 1. The zero-order valence-corrected chi connectivity index (χ0v) is 14.7. The Morgan fingerprint density at radius 3 is 2.38 bits per heavy atom. The molecule has 0 bridgehead atoms. The zero-order valence-electron chi connectivity index (χ0n) is 13.8. The molecule has 0 spiro atoms. The van der Waals surface area contributed by atoms with Crippen LogP contribution in [0, 0.1) is 6.92 Å². The number of rotatable bonds is 4. The topological polar surface area (TPSA) is 46.6 Å². The van der Waals surface area contributed by atoms with Gasteiger partial charge in [0.25, 0.3) is 10.1 Å². The van der Waals surface area contributed by atoms with Crippen LogP contribution in [-0.4, -0.2) is 39.6 Å². The number of aryl methyl sites for hydroxylation is 1. The molecule has 0 saturated heterocycles. The third-order valence-corrected chi connectivity index (χ3v) is 5.44. The first-order chi connectivity index (χ1) is 11.5. The summed E-state index contributed by atoms with van der Waals surface area (Å²) in [6.45, 7) is 3.23. The van der Waals surface area contributed by atoms with E-state index in [9.17, 15) is 8.42 Å². The largest absolute Gasteiger partial charge is 0.300 e. The molecule has 24 heavy (non-hydrogen) atoms. The van der Waals surface area contributed by atoms with Gasteiger partial charge in [-0.3, -0.25) is 9.08 Å². The third kappa shape index (κ3) is 3.75. The van der Waals surface area contributed by atoms with Crippen LogP contribution in [0.15, 0.2) is 65.6 Å². The Balaban J connectivity index is 1.90. The monoisotopic (exact) mass is 343 g/mol. The fourth-order valence-electron chi connectivity index (χ4n) is 2.77. The van der Waals surface area contributed by atoms with E-state index in [4.69, 9.17) is 4.18 Å². The number of hydrogen-bond acceptors (Lipinski definition) is 4. The normalized spacial score (nSPS) is 19.1. The molecule has 5 heteroatoms. The number of hydrogen-bond donors (Lipinski definition) is 0. The molecule has 2 aromatic rings. The number of likely N-dealkylation sites (N-methyl/N-ethyl adjacent to an activating group) is 1. The fourth-order valence-corrected chi connectivity index (χ4v) is 3.82. The van der Waals surface area contributed by atoms with E-state index in [2.05, 4.69) is 0 Å². The Morgan fingerprint density at radius 2 is 1.71 bits per heavy atom. The quantitative estimate of drug-likeness (QED) is 0.801. The van der Waals surface area contributed by atoms with E-state index in [1.54, 1.807) is 24.3 Å². The van der Waals surface area contributed by atoms with Crippen LogP contribution in [-0.2, 0) is 14.3 Å². The maximum Gasteiger partial charge on any atom is 0.297 e. The van der Waals surface area contributed by atoms with E-state index in [1.165, 1.54) is 0 Å². The van der Waals surface area contributed by atoms with Crippen molar-refractivity contribution >= 4 is 15.7 Å². The Morgan fingerprint density at radius 1 is 1.04 bits per heavy atom. The van der Waals surface area contributed by atoms with Crippen LogP contribution in [0.4, 0.5) is 0 Å². The molecule has 1 aliphatic heterocycles. The summed E-state index contributed by atoms with van der Waals surface area (Å²) in [5, 5.41) is 0. The van der Waals surface area contributed by atoms with Crippen molar-refractivity contribution in [3.8, 4) is 0 Å². The summed E-state index contributed by atoms with van der Waals surface area (Å²) < 4.78 is 30.9. The molecule has 1 aliphatic rings. The van der Waals surface area contributed by atoms with E-state index in [-0.39, 0.29) is 4.90 Å². The predicted octanol–water partition coefficient (Wildman–Crippen LogP) is 3.10. The molecule has 0 unspecified atom stereocenters. The van der Waals surface area contributed by atoms with Crippen molar-refractivity contribution in [1.82, 2.24) is 4.90 Å². The van der Waals surface area contributed by atoms with Gasteiger partial charge < -0.3 is 0 Å². The van der Waals surface area contributed by atoms with Gasteiger partial charge in [0.2, 0.25) is 0 Å². The Kier molecular flexibility index (Phi) is 4.85. The summed E-state index contributed by atoms with van der Waals surface area (Å²) in [7, 11) is -1.86. The van der Waals surface area contributed by atoms with Crippen LogP contribution in [0.1, 0.15) is 11.1 Å². The van der Waals surface area contributed by atoms with E-state index in [0.717, 1.165) is 23.2 Å². The van der Waals surface area contributed by atoms with Crippen LogP contribution >= 0.6 is 0 Å². The lowest BCUT2D eigenvalue weighted by molar-refractivity contribution is 0.195. The molecule has 2 aromatic carbocycles. The first kappa shape index (κ1) is 16.9. The van der Waals surface area contributed by atoms with Gasteiger partial charge in [0.1, 0.15) is 6.10 Å². The molecule has 0 N–H and O–H groups in total. The Labute approximate surface area is 143 Å².